The zero-order chi connectivity index (χ0) is 28.5. The van der Waals surface area contributed by atoms with E-state index >= 15 is 0 Å². The van der Waals surface area contributed by atoms with Gasteiger partial charge in [0.1, 0.15) is 17.1 Å². The summed E-state index contributed by atoms with van der Waals surface area (Å²) in [5.74, 6) is 0.643. The van der Waals surface area contributed by atoms with Crippen molar-refractivity contribution in [1.29, 1.82) is 0 Å². The Morgan fingerprint density at radius 2 is 2.00 bits per heavy atom. The van der Waals surface area contributed by atoms with Gasteiger partial charge in [-0.05, 0) is 72.2 Å². The third-order valence-electron chi connectivity index (χ3n) is 6.99. The SMILES string of the molecule is CNC[C@H]1OCCCC[C@H](C)Oc2ccc(NC(=O)Nc3c(C)noc3C)cc2C(=O)N([C@@H](C)CO)C[C@@H]1C. The summed E-state index contributed by atoms with van der Waals surface area (Å²) in [6, 6.07) is 4.10. The van der Waals surface area contributed by atoms with Crippen LogP contribution in [0.5, 0.6) is 5.75 Å². The van der Waals surface area contributed by atoms with Crippen molar-refractivity contribution < 1.29 is 28.7 Å². The van der Waals surface area contributed by atoms with Gasteiger partial charge in [0.15, 0.2) is 5.76 Å². The molecule has 0 saturated heterocycles. The highest BCUT2D eigenvalue weighted by Crippen LogP contribution is 2.29. The minimum atomic E-state index is -0.492. The molecule has 1 aliphatic heterocycles. The Kier molecular flexibility index (Phi) is 11.1. The zero-order valence-corrected chi connectivity index (χ0v) is 23.9. The molecule has 2 aromatic rings. The van der Waals surface area contributed by atoms with Crippen LogP contribution in [0.1, 0.15) is 61.8 Å². The molecule has 0 unspecified atom stereocenters. The van der Waals surface area contributed by atoms with Gasteiger partial charge < -0.3 is 40.0 Å². The Hall–Kier alpha value is -3.15. The number of nitrogens with zero attached hydrogens (tertiary/aromatic N) is 2. The maximum absolute atomic E-state index is 14.0. The Morgan fingerprint density at radius 1 is 1.23 bits per heavy atom. The second-order valence-electron chi connectivity index (χ2n) is 10.3. The van der Waals surface area contributed by atoms with Crippen LogP contribution in [0.15, 0.2) is 22.7 Å². The number of hydrogen-bond acceptors (Lipinski definition) is 8. The van der Waals surface area contributed by atoms with E-state index in [0.717, 1.165) is 19.3 Å². The normalized spacial score (nSPS) is 21.9. The fraction of sp³-hybridized carbons (Fsp3) is 0.607. The largest absolute Gasteiger partial charge is 0.490 e. The first-order valence-corrected chi connectivity index (χ1v) is 13.6. The van der Waals surface area contributed by atoms with Gasteiger partial charge in [0.2, 0.25) is 0 Å². The van der Waals surface area contributed by atoms with Gasteiger partial charge in [-0.1, -0.05) is 12.1 Å². The van der Waals surface area contributed by atoms with Gasteiger partial charge in [-0.2, -0.15) is 0 Å². The number of aliphatic hydroxyl groups is 1. The molecule has 3 amide bonds. The molecule has 0 spiro atoms. The summed E-state index contributed by atoms with van der Waals surface area (Å²) in [7, 11) is 1.88. The number of benzene rings is 1. The van der Waals surface area contributed by atoms with Gasteiger partial charge in [0, 0.05) is 31.3 Å². The summed E-state index contributed by atoms with van der Waals surface area (Å²) in [4.78, 5) is 28.4. The molecule has 3 rings (SSSR count). The van der Waals surface area contributed by atoms with Crippen LogP contribution in [0.3, 0.4) is 0 Å². The van der Waals surface area contributed by atoms with Crippen LogP contribution in [-0.2, 0) is 4.74 Å². The second kappa shape index (κ2) is 14.3. The molecular weight excluding hydrogens is 502 g/mol. The van der Waals surface area contributed by atoms with E-state index in [0.29, 0.717) is 53.8 Å². The van der Waals surface area contributed by atoms with E-state index in [2.05, 4.69) is 28.0 Å². The average Bonchev–Trinajstić information content (AvgIpc) is 3.22. The molecule has 11 heteroatoms. The van der Waals surface area contributed by atoms with E-state index in [1.807, 2.05) is 20.9 Å². The minimum Gasteiger partial charge on any atom is -0.490 e. The van der Waals surface area contributed by atoms with E-state index in [4.69, 9.17) is 14.0 Å². The first-order chi connectivity index (χ1) is 18.6. The third-order valence-corrected chi connectivity index (χ3v) is 6.99. The lowest BCUT2D eigenvalue weighted by molar-refractivity contribution is -0.000451. The number of likely N-dealkylation sites (N-methyl/N-ethyl adjacent to an activating group) is 1. The molecule has 0 bridgehead atoms. The molecule has 2 heterocycles. The van der Waals surface area contributed by atoms with Crippen molar-refractivity contribution in [2.24, 2.45) is 5.92 Å². The van der Waals surface area contributed by atoms with Gasteiger partial charge >= 0.3 is 6.03 Å². The average molecular weight is 546 g/mol. The molecule has 216 valence electrons. The smallest absolute Gasteiger partial charge is 0.323 e. The predicted molar refractivity (Wildman–Crippen MR) is 149 cm³/mol. The minimum absolute atomic E-state index is 0.00349. The number of aryl methyl sites for hydroxylation is 2. The number of aromatic nitrogens is 1. The Bertz CT molecular complexity index is 1090. The number of carbonyl (C=O) groups is 2. The summed E-state index contributed by atoms with van der Waals surface area (Å²) in [5.41, 5.74) is 1.79. The van der Waals surface area contributed by atoms with Gasteiger partial charge in [-0.25, -0.2) is 4.79 Å². The van der Waals surface area contributed by atoms with Gasteiger partial charge in [0.05, 0.1) is 30.4 Å². The van der Waals surface area contributed by atoms with Gasteiger partial charge in [0.25, 0.3) is 5.91 Å². The molecule has 4 N–H and O–H groups in total. The van der Waals surface area contributed by atoms with Crippen molar-refractivity contribution in [3.63, 3.8) is 0 Å². The van der Waals surface area contributed by atoms with Crippen LogP contribution in [-0.4, -0.2) is 78.7 Å². The molecule has 39 heavy (non-hydrogen) atoms. The van der Waals surface area contributed by atoms with E-state index < -0.39 is 12.1 Å². The number of nitrogens with one attached hydrogen (secondary N) is 3. The number of rotatable bonds is 6. The lowest BCUT2D eigenvalue weighted by Gasteiger charge is -2.34. The zero-order valence-electron chi connectivity index (χ0n) is 23.9. The predicted octanol–water partition coefficient (Wildman–Crippen LogP) is 3.95. The summed E-state index contributed by atoms with van der Waals surface area (Å²) in [6.07, 6.45) is 2.43. The van der Waals surface area contributed by atoms with Crippen molar-refractivity contribution in [3.8, 4) is 5.75 Å². The summed E-state index contributed by atoms with van der Waals surface area (Å²) in [5, 5.41) is 22.6. The summed E-state index contributed by atoms with van der Waals surface area (Å²) < 4.78 is 17.5. The van der Waals surface area contributed by atoms with Crippen LogP contribution in [0.25, 0.3) is 0 Å². The van der Waals surface area contributed by atoms with E-state index in [9.17, 15) is 14.7 Å². The van der Waals surface area contributed by atoms with Crippen LogP contribution >= 0.6 is 0 Å². The number of amides is 3. The number of carbonyl (C=O) groups excluding carboxylic acids is 2. The summed E-state index contributed by atoms with van der Waals surface area (Å²) in [6.45, 7) is 10.8. The molecule has 11 nitrogen and oxygen atoms in total. The molecule has 0 saturated carbocycles. The summed E-state index contributed by atoms with van der Waals surface area (Å²) >= 11 is 0. The molecule has 0 radical (unpaired) electrons. The van der Waals surface area contributed by atoms with Crippen LogP contribution in [0.2, 0.25) is 0 Å². The number of fused-ring (bicyclic) bond motifs is 1. The second-order valence-corrected chi connectivity index (χ2v) is 10.3. The quantitative estimate of drug-likeness (QED) is 0.428. The molecule has 1 aromatic heterocycles. The third kappa shape index (κ3) is 8.17. The standard InChI is InChI=1S/C28H43N5O6/c1-17-15-33(18(2)16-34)27(35)23-13-22(30-28(36)31-26-20(4)32-39-21(26)5)10-11-24(23)38-19(3)9-7-8-12-37-25(17)14-29-6/h10-11,13,17-19,25,29,34H,7-9,12,14-16H2,1-6H3,(H2,30,31,36)/t17-,18-,19-,25+/m0/s1. The van der Waals surface area contributed by atoms with E-state index in [-0.39, 0.29) is 30.6 Å². The molecule has 4 atom stereocenters. The molecule has 0 fully saturated rings. The monoisotopic (exact) mass is 545 g/mol. The number of hydrogen-bond donors (Lipinski definition) is 4. The number of urea groups is 1. The van der Waals surface area contributed by atoms with E-state index in [1.165, 1.54) is 0 Å². The lowest BCUT2D eigenvalue weighted by Crippen LogP contribution is -2.47. The number of ether oxygens (including phenoxy) is 2. The van der Waals surface area contributed by atoms with Gasteiger partial charge in [-0.3, -0.25) is 4.79 Å². The molecule has 1 aliphatic rings. The van der Waals surface area contributed by atoms with Crippen LogP contribution < -0.4 is 20.7 Å². The van der Waals surface area contributed by atoms with Crippen LogP contribution in [0, 0.1) is 19.8 Å². The lowest BCUT2D eigenvalue weighted by atomic mass is 10.0. The first kappa shape index (κ1) is 30.4. The van der Waals surface area contributed by atoms with Crippen molar-refractivity contribution in [3.05, 3.63) is 35.2 Å². The highest BCUT2D eigenvalue weighted by atomic mass is 16.5. The van der Waals surface area contributed by atoms with Crippen molar-refractivity contribution in [2.45, 2.75) is 72.1 Å². The van der Waals surface area contributed by atoms with Crippen molar-refractivity contribution >= 4 is 23.3 Å². The highest BCUT2D eigenvalue weighted by Gasteiger charge is 2.29. The fourth-order valence-corrected chi connectivity index (χ4v) is 4.63. The molecule has 0 aliphatic carbocycles. The number of anilines is 2. The number of aliphatic hydroxyl groups excluding tert-OH is 1. The maximum atomic E-state index is 14.0. The van der Waals surface area contributed by atoms with Crippen LogP contribution in [0.4, 0.5) is 16.2 Å². The van der Waals surface area contributed by atoms with Crippen molar-refractivity contribution in [2.75, 3.05) is 44.0 Å². The van der Waals surface area contributed by atoms with E-state index in [1.54, 1.807) is 36.9 Å². The highest BCUT2D eigenvalue weighted by molar-refractivity contribution is 6.03. The van der Waals surface area contributed by atoms with Crippen molar-refractivity contribution in [1.82, 2.24) is 15.4 Å². The van der Waals surface area contributed by atoms with Gasteiger partial charge in [-0.15, -0.1) is 0 Å². The Balaban J connectivity index is 1.94. The topological polar surface area (TPSA) is 138 Å². The molecular formula is C28H43N5O6. The first-order valence-electron chi connectivity index (χ1n) is 13.6. The molecule has 1 aromatic carbocycles. The Morgan fingerprint density at radius 3 is 2.67 bits per heavy atom. The maximum Gasteiger partial charge on any atom is 0.323 e. The fourth-order valence-electron chi connectivity index (χ4n) is 4.63. The Labute approximate surface area is 230 Å².